The number of ketones is 1. The van der Waals surface area contributed by atoms with Crippen molar-refractivity contribution in [2.75, 3.05) is 0 Å². The summed E-state index contributed by atoms with van der Waals surface area (Å²) in [5.74, 6) is 4.16. The third-order valence-electron chi connectivity index (χ3n) is 10.9. The van der Waals surface area contributed by atoms with E-state index in [2.05, 4.69) is 34.6 Å². The number of carbonyl (C=O) groups excluding carboxylic acids is 1. The molecule has 5 unspecified atom stereocenters. The number of fused-ring (bicyclic) bond motifs is 5. The van der Waals surface area contributed by atoms with Crippen molar-refractivity contribution < 1.29 is 15.0 Å². The highest BCUT2D eigenvalue weighted by molar-refractivity contribution is 5.79. The van der Waals surface area contributed by atoms with E-state index < -0.39 is 0 Å². The Morgan fingerprint density at radius 3 is 2.40 bits per heavy atom. The van der Waals surface area contributed by atoms with Crippen LogP contribution in [0, 0.1) is 52.3 Å². The van der Waals surface area contributed by atoms with Crippen molar-refractivity contribution in [2.24, 2.45) is 52.3 Å². The molecule has 3 heteroatoms. The number of aliphatic hydroxyl groups excluding tert-OH is 2. The highest BCUT2D eigenvalue weighted by Gasteiger charge is 2.62. The molecule has 10 atom stereocenters. The summed E-state index contributed by atoms with van der Waals surface area (Å²) >= 11 is 0. The molecule has 0 bridgehead atoms. The van der Waals surface area contributed by atoms with E-state index in [1.54, 1.807) is 0 Å². The summed E-state index contributed by atoms with van der Waals surface area (Å²) in [6.45, 7) is 11.6. The lowest BCUT2D eigenvalue weighted by molar-refractivity contribution is -0.169. The highest BCUT2D eigenvalue weighted by atomic mass is 16.3. The Morgan fingerprint density at radius 2 is 1.70 bits per heavy atom. The first-order chi connectivity index (χ1) is 14.1. The van der Waals surface area contributed by atoms with Gasteiger partial charge in [0.05, 0.1) is 12.2 Å². The van der Waals surface area contributed by atoms with Gasteiger partial charge in [-0.2, -0.15) is 0 Å². The monoisotopic (exact) mass is 418 g/mol. The predicted molar refractivity (Wildman–Crippen MR) is 121 cm³/mol. The van der Waals surface area contributed by atoms with Crippen LogP contribution in [0.5, 0.6) is 0 Å². The topological polar surface area (TPSA) is 57.5 Å². The Bertz CT molecular complexity index is 644. The van der Waals surface area contributed by atoms with Gasteiger partial charge in [0.15, 0.2) is 0 Å². The molecule has 30 heavy (non-hydrogen) atoms. The van der Waals surface area contributed by atoms with Crippen LogP contribution < -0.4 is 0 Å². The SMILES string of the molecule is CC(C)[C@H](O)CC[C@@H](C)C1CCC2C3C(O)C[C@H]4CC(=O)CC[C@]4(C)C3CC[C@@]21C. The molecule has 4 fully saturated rings. The Morgan fingerprint density at radius 1 is 1.00 bits per heavy atom. The van der Waals surface area contributed by atoms with Crippen LogP contribution in [0.3, 0.4) is 0 Å². The normalized spacial score (nSPS) is 48.1. The molecular weight excluding hydrogens is 372 g/mol. The molecule has 0 amide bonds. The van der Waals surface area contributed by atoms with Crippen LogP contribution in [0.15, 0.2) is 0 Å². The minimum atomic E-state index is -0.222. The van der Waals surface area contributed by atoms with Gasteiger partial charge in [0.2, 0.25) is 0 Å². The second kappa shape index (κ2) is 8.18. The molecule has 3 nitrogen and oxygen atoms in total. The number of Topliss-reactive ketones (excluding diaryl/α,β-unsaturated/α-hetero) is 1. The molecule has 0 aliphatic heterocycles. The Balaban J connectivity index is 1.51. The molecule has 0 heterocycles. The van der Waals surface area contributed by atoms with Gasteiger partial charge in [-0.05, 0) is 104 Å². The van der Waals surface area contributed by atoms with Crippen molar-refractivity contribution in [1.29, 1.82) is 0 Å². The van der Waals surface area contributed by atoms with Crippen molar-refractivity contribution in [3.63, 3.8) is 0 Å². The van der Waals surface area contributed by atoms with Crippen LogP contribution in [0.4, 0.5) is 0 Å². The third kappa shape index (κ3) is 3.60. The molecule has 0 spiro atoms. The zero-order chi connectivity index (χ0) is 21.8. The maximum Gasteiger partial charge on any atom is 0.133 e. The molecule has 2 N–H and O–H groups in total. The lowest BCUT2D eigenvalue weighted by Crippen LogP contribution is -2.58. The van der Waals surface area contributed by atoms with Crippen LogP contribution in [0.2, 0.25) is 0 Å². The summed E-state index contributed by atoms with van der Waals surface area (Å²) in [5, 5.41) is 21.6. The van der Waals surface area contributed by atoms with Crippen LogP contribution in [0.25, 0.3) is 0 Å². The number of carbonyl (C=O) groups is 1. The maximum absolute atomic E-state index is 12.1. The number of aliphatic hydroxyl groups is 2. The molecule has 0 radical (unpaired) electrons. The van der Waals surface area contributed by atoms with Gasteiger partial charge in [-0.15, -0.1) is 0 Å². The summed E-state index contributed by atoms with van der Waals surface area (Å²) in [6.07, 6.45) is 10.0. The smallest absolute Gasteiger partial charge is 0.133 e. The summed E-state index contributed by atoms with van der Waals surface area (Å²) in [6, 6.07) is 0. The van der Waals surface area contributed by atoms with E-state index in [4.69, 9.17) is 0 Å². The largest absolute Gasteiger partial charge is 0.393 e. The van der Waals surface area contributed by atoms with Gasteiger partial charge in [0, 0.05) is 12.8 Å². The molecular formula is C27H46O3. The summed E-state index contributed by atoms with van der Waals surface area (Å²) < 4.78 is 0. The second-order valence-corrected chi connectivity index (χ2v) is 12.6. The lowest BCUT2D eigenvalue weighted by Gasteiger charge is -2.62. The second-order valence-electron chi connectivity index (χ2n) is 12.6. The molecule has 4 saturated carbocycles. The van der Waals surface area contributed by atoms with Crippen LogP contribution in [0.1, 0.15) is 98.8 Å². The fourth-order valence-electron chi connectivity index (χ4n) is 8.96. The van der Waals surface area contributed by atoms with Gasteiger partial charge in [-0.3, -0.25) is 4.79 Å². The van der Waals surface area contributed by atoms with Crippen LogP contribution in [-0.4, -0.2) is 28.2 Å². The van der Waals surface area contributed by atoms with E-state index in [9.17, 15) is 15.0 Å². The number of hydrogen-bond acceptors (Lipinski definition) is 3. The van der Waals surface area contributed by atoms with Crippen molar-refractivity contribution in [3.05, 3.63) is 0 Å². The van der Waals surface area contributed by atoms with Gasteiger partial charge in [0.25, 0.3) is 0 Å². The van der Waals surface area contributed by atoms with Crippen LogP contribution in [-0.2, 0) is 4.79 Å². The van der Waals surface area contributed by atoms with Gasteiger partial charge >= 0.3 is 0 Å². The molecule has 4 aliphatic carbocycles. The fourth-order valence-corrected chi connectivity index (χ4v) is 8.96. The van der Waals surface area contributed by atoms with E-state index in [1.165, 1.54) is 25.7 Å². The fraction of sp³-hybridized carbons (Fsp3) is 0.963. The molecule has 0 aromatic rings. The molecule has 0 aromatic carbocycles. The zero-order valence-electron chi connectivity index (χ0n) is 20.1. The first kappa shape index (κ1) is 22.8. The Kier molecular flexibility index (Phi) is 6.21. The van der Waals surface area contributed by atoms with Crippen molar-refractivity contribution in [3.8, 4) is 0 Å². The van der Waals surface area contributed by atoms with E-state index in [1.807, 2.05) is 0 Å². The third-order valence-corrected chi connectivity index (χ3v) is 10.9. The first-order valence-corrected chi connectivity index (χ1v) is 13.0. The summed E-state index contributed by atoms with van der Waals surface area (Å²) in [7, 11) is 0. The van der Waals surface area contributed by atoms with Crippen molar-refractivity contribution in [2.45, 2.75) is 111 Å². The predicted octanol–water partition coefficient (Wildman–Crippen LogP) is 5.62. The molecule has 4 aliphatic rings. The maximum atomic E-state index is 12.1. The van der Waals surface area contributed by atoms with Crippen molar-refractivity contribution in [1.82, 2.24) is 0 Å². The van der Waals surface area contributed by atoms with Gasteiger partial charge in [-0.25, -0.2) is 0 Å². The van der Waals surface area contributed by atoms with Crippen molar-refractivity contribution >= 4 is 5.78 Å². The van der Waals surface area contributed by atoms with E-state index in [0.29, 0.717) is 59.0 Å². The molecule has 172 valence electrons. The van der Waals surface area contributed by atoms with Crippen LogP contribution >= 0.6 is 0 Å². The Hall–Kier alpha value is -0.410. The van der Waals surface area contributed by atoms with Gasteiger partial charge < -0.3 is 10.2 Å². The quantitative estimate of drug-likeness (QED) is 0.609. The molecule has 0 saturated heterocycles. The highest BCUT2D eigenvalue weighted by Crippen LogP contribution is 2.68. The standard InChI is InChI=1S/C27H46O3/c1-16(2)23(29)9-6-17(3)20-7-8-21-25-22(11-13-27(20,21)5)26(4)12-10-19(28)14-18(26)15-24(25)30/h16-18,20-25,29-30H,6-15H2,1-5H3/t17-,18-,20?,21?,22?,23-,24?,25?,26+,27-/m1/s1. The minimum Gasteiger partial charge on any atom is -0.393 e. The average molecular weight is 419 g/mol. The Labute approximate surface area is 184 Å². The minimum absolute atomic E-state index is 0.181. The zero-order valence-corrected chi connectivity index (χ0v) is 20.1. The molecule has 4 rings (SSSR count). The summed E-state index contributed by atoms with van der Waals surface area (Å²) in [4.78, 5) is 12.1. The number of hydrogen-bond donors (Lipinski definition) is 2. The van der Waals surface area contributed by atoms with Gasteiger partial charge in [0.1, 0.15) is 5.78 Å². The summed E-state index contributed by atoms with van der Waals surface area (Å²) in [5.41, 5.74) is 0.586. The van der Waals surface area contributed by atoms with E-state index in [-0.39, 0.29) is 17.6 Å². The lowest BCUT2D eigenvalue weighted by atomic mass is 9.44. The van der Waals surface area contributed by atoms with E-state index in [0.717, 1.165) is 32.1 Å². The average Bonchev–Trinajstić information content (AvgIpc) is 3.04. The van der Waals surface area contributed by atoms with Gasteiger partial charge in [-0.1, -0.05) is 34.6 Å². The first-order valence-electron chi connectivity index (χ1n) is 13.0. The number of rotatable bonds is 5. The van der Waals surface area contributed by atoms with E-state index >= 15 is 0 Å². The molecule has 0 aromatic heterocycles.